The smallest absolute Gasteiger partial charge is 0.249 e. The van der Waals surface area contributed by atoms with Gasteiger partial charge in [0.15, 0.2) is 9.84 Å². The van der Waals surface area contributed by atoms with Crippen LogP contribution in [0.5, 0.6) is 0 Å². The van der Waals surface area contributed by atoms with Crippen LogP contribution in [0.3, 0.4) is 0 Å². The van der Waals surface area contributed by atoms with Gasteiger partial charge in [0.1, 0.15) is 0 Å². The molecule has 1 aliphatic carbocycles. The fraction of sp³-hybridized carbons (Fsp3) is 0.375. The molecule has 0 fully saturated rings. The number of carbonyl (C=O) groups excluding carboxylic acids is 1. The van der Waals surface area contributed by atoms with Crippen LogP contribution in [0.1, 0.15) is 12.8 Å². The maximum absolute atomic E-state index is 11.2. The van der Waals surface area contributed by atoms with Crippen molar-refractivity contribution >= 4 is 15.7 Å². The van der Waals surface area contributed by atoms with E-state index >= 15 is 0 Å². The standard InChI is InChI=1S/C8H11NO3S/c1-13(11,12)7-5-3-2-4-6(7)8(9)10/h4-5H,2-3H2,1H3,(H2,9,10). The highest BCUT2D eigenvalue weighted by Crippen LogP contribution is 2.22. The first-order valence-corrected chi connectivity index (χ1v) is 5.72. The van der Waals surface area contributed by atoms with Crippen LogP contribution in [0.2, 0.25) is 0 Å². The van der Waals surface area contributed by atoms with Gasteiger partial charge >= 0.3 is 0 Å². The van der Waals surface area contributed by atoms with Crippen LogP contribution in [0, 0.1) is 0 Å². The number of nitrogens with two attached hydrogens (primary N) is 1. The highest BCUT2D eigenvalue weighted by atomic mass is 32.2. The number of carbonyl (C=O) groups is 1. The van der Waals surface area contributed by atoms with Gasteiger partial charge in [-0.1, -0.05) is 12.2 Å². The minimum absolute atomic E-state index is 0.0613. The molecule has 0 aromatic heterocycles. The lowest BCUT2D eigenvalue weighted by atomic mass is 10.1. The summed E-state index contributed by atoms with van der Waals surface area (Å²) in [5, 5.41) is 0. The molecule has 4 nitrogen and oxygen atoms in total. The lowest BCUT2D eigenvalue weighted by molar-refractivity contribution is -0.114. The van der Waals surface area contributed by atoms with E-state index < -0.39 is 15.7 Å². The average molecular weight is 201 g/mol. The highest BCUT2D eigenvalue weighted by Gasteiger charge is 2.21. The molecule has 0 saturated heterocycles. The van der Waals surface area contributed by atoms with Crippen LogP contribution in [-0.4, -0.2) is 20.6 Å². The summed E-state index contributed by atoms with van der Waals surface area (Å²) in [5.74, 6) is -0.684. The van der Waals surface area contributed by atoms with Gasteiger partial charge < -0.3 is 5.73 Å². The molecule has 1 amide bonds. The second kappa shape index (κ2) is 3.33. The number of hydrogen-bond acceptors (Lipinski definition) is 3. The molecule has 0 bridgehead atoms. The second-order valence-corrected chi connectivity index (χ2v) is 4.88. The molecule has 13 heavy (non-hydrogen) atoms. The Morgan fingerprint density at radius 3 is 2.31 bits per heavy atom. The van der Waals surface area contributed by atoms with E-state index in [1.54, 1.807) is 6.08 Å². The largest absolute Gasteiger partial charge is 0.366 e. The van der Waals surface area contributed by atoms with E-state index in [-0.39, 0.29) is 10.5 Å². The first-order valence-electron chi connectivity index (χ1n) is 3.83. The summed E-state index contributed by atoms with van der Waals surface area (Å²) in [7, 11) is -3.33. The predicted molar refractivity (Wildman–Crippen MR) is 49.4 cm³/mol. The Morgan fingerprint density at radius 2 is 1.92 bits per heavy atom. The van der Waals surface area contributed by atoms with E-state index in [9.17, 15) is 13.2 Å². The van der Waals surface area contributed by atoms with Crippen molar-refractivity contribution in [2.75, 3.05) is 6.26 Å². The van der Waals surface area contributed by atoms with E-state index in [1.165, 1.54) is 6.08 Å². The first-order chi connectivity index (χ1) is 5.93. The van der Waals surface area contributed by atoms with Crippen LogP contribution >= 0.6 is 0 Å². The van der Waals surface area contributed by atoms with Crippen molar-refractivity contribution in [3.63, 3.8) is 0 Å². The molecule has 0 radical (unpaired) electrons. The van der Waals surface area contributed by atoms with Gasteiger partial charge in [0.05, 0.1) is 10.5 Å². The van der Waals surface area contributed by atoms with Gasteiger partial charge in [0, 0.05) is 6.26 Å². The van der Waals surface area contributed by atoms with Crippen LogP contribution in [-0.2, 0) is 14.6 Å². The average Bonchev–Trinajstić information content (AvgIpc) is 2.03. The molecule has 0 unspecified atom stereocenters. The number of rotatable bonds is 2. The quantitative estimate of drug-likeness (QED) is 0.689. The summed E-state index contributed by atoms with van der Waals surface area (Å²) < 4.78 is 22.4. The fourth-order valence-electron chi connectivity index (χ4n) is 1.23. The molecular weight excluding hydrogens is 190 g/mol. The summed E-state index contributed by atoms with van der Waals surface area (Å²) in [5.41, 5.74) is 5.16. The Balaban J connectivity index is 3.17. The summed E-state index contributed by atoms with van der Waals surface area (Å²) in [6, 6.07) is 0. The lowest BCUT2D eigenvalue weighted by Gasteiger charge is -2.11. The summed E-state index contributed by atoms with van der Waals surface area (Å²) in [4.78, 5) is 10.9. The van der Waals surface area contributed by atoms with Crippen molar-refractivity contribution in [1.82, 2.24) is 0 Å². The molecule has 0 aliphatic heterocycles. The van der Waals surface area contributed by atoms with Gasteiger partial charge in [-0.25, -0.2) is 8.42 Å². The normalized spacial score (nSPS) is 17.6. The topological polar surface area (TPSA) is 77.2 Å². The summed E-state index contributed by atoms with van der Waals surface area (Å²) >= 11 is 0. The van der Waals surface area contributed by atoms with Gasteiger partial charge in [0.2, 0.25) is 5.91 Å². The van der Waals surface area contributed by atoms with Gasteiger partial charge in [-0.3, -0.25) is 4.79 Å². The van der Waals surface area contributed by atoms with Crippen molar-refractivity contribution < 1.29 is 13.2 Å². The molecule has 5 heteroatoms. The summed E-state index contributed by atoms with van der Waals surface area (Å²) in [6.45, 7) is 0. The first kappa shape index (κ1) is 9.98. The molecule has 0 aromatic rings. The van der Waals surface area contributed by atoms with Gasteiger partial charge in [-0.2, -0.15) is 0 Å². The Kier molecular flexibility index (Phi) is 2.56. The number of hydrogen-bond donors (Lipinski definition) is 1. The molecular formula is C8H11NO3S. The molecule has 1 rings (SSSR count). The van der Waals surface area contributed by atoms with Crippen molar-refractivity contribution in [3.05, 3.63) is 22.6 Å². The third-order valence-corrected chi connectivity index (χ3v) is 2.96. The number of amides is 1. The Hall–Kier alpha value is -1.10. The zero-order valence-corrected chi connectivity index (χ0v) is 8.10. The molecule has 0 saturated carbocycles. The molecule has 0 heterocycles. The predicted octanol–water partition coefficient (Wildman–Crippen LogP) is 0.120. The third kappa shape index (κ3) is 2.18. The van der Waals surface area contributed by atoms with Crippen molar-refractivity contribution in [2.45, 2.75) is 12.8 Å². The second-order valence-electron chi connectivity index (χ2n) is 2.90. The van der Waals surface area contributed by atoms with E-state index in [4.69, 9.17) is 5.73 Å². The minimum atomic E-state index is -3.33. The molecule has 0 aromatic carbocycles. The van der Waals surface area contributed by atoms with Gasteiger partial charge in [-0.15, -0.1) is 0 Å². The highest BCUT2D eigenvalue weighted by molar-refractivity contribution is 7.94. The van der Waals surface area contributed by atoms with Crippen LogP contribution in [0.4, 0.5) is 0 Å². The maximum atomic E-state index is 11.2. The van der Waals surface area contributed by atoms with Gasteiger partial charge in [-0.05, 0) is 12.8 Å². The maximum Gasteiger partial charge on any atom is 0.249 e. The fourth-order valence-corrected chi connectivity index (χ4v) is 2.23. The zero-order valence-electron chi connectivity index (χ0n) is 7.28. The Bertz CT molecular complexity index is 390. The van der Waals surface area contributed by atoms with E-state index in [0.29, 0.717) is 12.8 Å². The molecule has 1 aliphatic rings. The number of allylic oxidation sites excluding steroid dienone is 2. The lowest BCUT2D eigenvalue weighted by Crippen LogP contribution is -2.20. The Labute approximate surface area is 77.0 Å². The molecule has 72 valence electrons. The van der Waals surface area contributed by atoms with Crippen molar-refractivity contribution in [1.29, 1.82) is 0 Å². The minimum Gasteiger partial charge on any atom is -0.366 e. The number of sulfone groups is 1. The molecule has 2 N–H and O–H groups in total. The van der Waals surface area contributed by atoms with E-state index in [0.717, 1.165) is 6.26 Å². The summed E-state index contributed by atoms with van der Waals surface area (Å²) in [6.07, 6.45) is 5.48. The monoisotopic (exact) mass is 201 g/mol. The SMILES string of the molecule is CS(=O)(=O)C1=CCCC=C1C(N)=O. The molecule has 0 spiro atoms. The van der Waals surface area contributed by atoms with Crippen LogP contribution < -0.4 is 5.73 Å². The van der Waals surface area contributed by atoms with Crippen LogP contribution in [0.15, 0.2) is 22.6 Å². The zero-order chi connectivity index (χ0) is 10.1. The Morgan fingerprint density at radius 1 is 1.38 bits per heavy atom. The van der Waals surface area contributed by atoms with Crippen molar-refractivity contribution in [2.24, 2.45) is 5.73 Å². The third-order valence-electron chi connectivity index (χ3n) is 1.78. The number of primary amides is 1. The van der Waals surface area contributed by atoms with Crippen molar-refractivity contribution in [3.8, 4) is 0 Å². The van der Waals surface area contributed by atoms with Crippen LogP contribution in [0.25, 0.3) is 0 Å². The van der Waals surface area contributed by atoms with E-state index in [1.807, 2.05) is 0 Å². The van der Waals surface area contributed by atoms with Gasteiger partial charge in [0.25, 0.3) is 0 Å². The van der Waals surface area contributed by atoms with E-state index in [2.05, 4.69) is 0 Å². The molecule has 0 atom stereocenters.